The summed E-state index contributed by atoms with van der Waals surface area (Å²) in [6.07, 6.45) is 4.38. The fourth-order valence-electron chi connectivity index (χ4n) is 2.73. The van der Waals surface area contributed by atoms with E-state index in [2.05, 4.69) is 31.5 Å². The number of pyridine rings is 1. The lowest BCUT2D eigenvalue weighted by Gasteiger charge is -2.30. The molecule has 0 aromatic carbocycles. The molecule has 2 N–H and O–H groups in total. The number of nitrogens with one attached hydrogen (secondary N) is 2. The van der Waals surface area contributed by atoms with Crippen LogP contribution in [-0.2, 0) is 9.53 Å². The molecule has 132 valence electrons. The van der Waals surface area contributed by atoms with Crippen LogP contribution < -0.4 is 10.6 Å². The van der Waals surface area contributed by atoms with Gasteiger partial charge in [-0.15, -0.1) is 0 Å². The predicted molar refractivity (Wildman–Crippen MR) is 95.7 cm³/mol. The summed E-state index contributed by atoms with van der Waals surface area (Å²) in [5.74, 6) is 0.326. The third kappa shape index (κ3) is 6.11. The number of carbonyl (C=O) groups excluding carboxylic acids is 2. The standard InChI is InChI=1S/C17H24BrN3O3/c1-17(2,3)24-16(23)20-13-6-4-5-11(9-13)15(22)21-14-10-12(18)7-8-19-14/h7-8,10-11,13H,4-6,9H2,1-3H3,(H,20,23)(H,19,21,22)/t11-,13+/m0/s1. The Balaban J connectivity index is 1.88. The molecule has 1 saturated carbocycles. The van der Waals surface area contributed by atoms with E-state index in [1.54, 1.807) is 18.3 Å². The molecule has 1 heterocycles. The Morgan fingerprint density at radius 3 is 2.75 bits per heavy atom. The molecule has 7 heteroatoms. The molecule has 2 amide bonds. The van der Waals surface area contributed by atoms with E-state index < -0.39 is 11.7 Å². The van der Waals surface area contributed by atoms with Crippen molar-refractivity contribution >= 4 is 33.7 Å². The lowest BCUT2D eigenvalue weighted by molar-refractivity contribution is -0.121. The third-order valence-corrected chi connectivity index (χ3v) is 4.23. The molecule has 1 aliphatic rings. The molecule has 0 bridgehead atoms. The second-order valence-corrected chi connectivity index (χ2v) is 7.97. The minimum absolute atomic E-state index is 0.0418. The molecule has 0 saturated heterocycles. The van der Waals surface area contributed by atoms with E-state index in [1.807, 2.05) is 20.8 Å². The van der Waals surface area contributed by atoms with Gasteiger partial charge in [0.2, 0.25) is 5.91 Å². The summed E-state index contributed by atoms with van der Waals surface area (Å²) in [4.78, 5) is 28.4. The number of hydrogen-bond donors (Lipinski definition) is 2. The summed E-state index contributed by atoms with van der Waals surface area (Å²) in [5.41, 5.74) is -0.526. The van der Waals surface area contributed by atoms with Crippen LogP contribution in [0.4, 0.5) is 10.6 Å². The normalized spacial score (nSPS) is 21.0. The molecule has 0 radical (unpaired) electrons. The topological polar surface area (TPSA) is 80.3 Å². The zero-order valence-corrected chi connectivity index (χ0v) is 15.9. The number of ether oxygens (including phenoxy) is 1. The highest BCUT2D eigenvalue weighted by Crippen LogP contribution is 2.26. The first kappa shape index (κ1) is 18.7. The zero-order valence-electron chi connectivity index (χ0n) is 14.3. The SMILES string of the molecule is CC(C)(C)OC(=O)N[C@@H]1CCC[C@H](C(=O)Nc2cc(Br)ccn2)C1. The Kier molecular flexibility index (Phi) is 6.21. The van der Waals surface area contributed by atoms with Crippen LogP contribution in [0.3, 0.4) is 0 Å². The Labute approximate surface area is 150 Å². The number of halogens is 1. The van der Waals surface area contributed by atoms with Crippen LogP contribution in [0.5, 0.6) is 0 Å². The van der Waals surface area contributed by atoms with E-state index in [0.29, 0.717) is 12.2 Å². The molecular weight excluding hydrogens is 374 g/mol. The van der Waals surface area contributed by atoms with Crippen LogP contribution in [0.25, 0.3) is 0 Å². The van der Waals surface area contributed by atoms with Gasteiger partial charge in [0, 0.05) is 22.6 Å². The maximum atomic E-state index is 12.4. The number of aromatic nitrogens is 1. The first-order valence-corrected chi connectivity index (χ1v) is 8.94. The smallest absolute Gasteiger partial charge is 0.407 e. The average Bonchev–Trinajstić information content (AvgIpc) is 2.45. The number of nitrogens with zero attached hydrogens (tertiary/aromatic N) is 1. The minimum Gasteiger partial charge on any atom is -0.444 e. The highest BCUT2D eigenvalue weighted by atomic mass is 79.9. The second kappa shape index (κ2) is 7.96. The minimum atomic E-state index is -0.526. The van der Waals surface area contributed by atoms with Gasteiger partial charge in [0.15, 0.2) is 0 Å². The molecule has 1 aromatic rings. The van der Waals surface area contributed by atoms with Gasteiger partial charge in [0.05, 0.1) is 0 Å². The van der Waals surface area contributed by atoms with E-state index in [-0.39, 0.29) is 17.9 Å². The molecule has 0 aliphatic heterocycles. The third-order valence-electron chi connectivity index (χ3n) is 3.74. The predicted octanol–water partition coefficient (Wildman–Crippen LogP) is 3.87. The largest absolute Gasteiger partial charge is 0.444 e. The highest BCUT2D eigenvalue weighted by molar-refractivity contribution is 9.10. The summed E-state index contributed by atoms with van der Waals surface area (Å²) in [7, 11) is 0. The van der Waals surface area contributed by atoms with Gasteiger partial charge >= 0.3 is 6.09 Å². The summed E-state index contributed by atoms with van der Waals surface area (Å²) in [5, 5.41) is 5.71. The lowest BCUT2D eigenvalue weighted by atomic mass is 9.85. The first-order chi connectivity index (χ1) is 11.2. The van der Waals surface area contributed by atoms with Crippen molar-refractivity contribution in [2.45, 2.75) is 58.1 Å². The molecule has 1 aromatic heterocycles. The van der Waals surface area contributed by atoms with Gasteiger partial charge in [0.1, 0.15) is 11.4 Å². The van der Waals surface area contributed by atoms with Crippen molar-refractivity contribution in [3.05, 3.63) is 22.8 Å². The van der Waals surface area contributed by atoms with Crippen LogP contribution in [0.15, 0.2) is 22.8 Å². The Bertz CT molecular complexity index is 601. The number of amides is 2. The Morgan fingerprint density at radius 1 is 1.33 bits per heavy atom. The van der Waals surface area contributed by atoms with E-state index in [0.717, 1.165) is 23.7 Å². The van der Waals surface area contributed by atoms with Crippen molar-refractivity contribution in [2.75, 3.05) is 5.32 Å². The monoisotopic (exact) mass is 397 g/mol. The summed E-state index contributed by atoms with van der Waals surface area (Å²) in [6, 6.07) is 3.52. The molecule has 0 spiro atoms. The Morgan fingerprint density at radius 2 is 2.08 bits per heavy atom. The molecule has 2 atom stereocenters. The molecule has 1 fully saturated rings. The first-order valence-electron chi connectivity index (χ1n) is 8.15. The van der Waals surface area contributed by atoms with Gasteiger partial charge in [-0.3, -0.25) is 4.79 Å². The molecule has 0 unspecified atom stereocenters. The fraction of sp³-hybridized carbons (Fsp3) is 0.588. The van der Waals surface area contributed by atoms with Crippen LogP contribution >= 0.6 is 15.9 Å². The number of anilines is 1. The fourth-order valence-corrected chi connectivity index (χ4v) is 3.07. The van der Waals surface area contributed by atoms with E-state index in [9.17, 15) is 9.59 Å². The van der Waals surface area contributed by atoms with Gasteiger partial charge in [-0.2, -0.15) is 0 Å². The van der Waals surface area contributed by atoms with Crippen molar-refractivity contribution in [3.63, 3.8) is 0 Å². The maximum absolute atomic E-state index is 12.4. The van der Waals surface area contributed by atoms with Gasteiger partial charge in [-0.25, -0.2) is 9.78 Å². The number of alkyl carbamates (subject to hydrolysis) is 1. The molecule has 2 rings (SSSR count). The summed E-state index contributed by atoms with van der Waals surface area (Å²) in [6.45, 7) is 5.48. The Hall–Kier alpha value is -1.63. The van der Waals surface area contributed by atoms with E-state index >= 15 is 0 Å². The summed E-state index contributed by atoms with van der Waals surface area (Å²) >= 11 is 3.36. The highest BCUT2D eigenvalue weighted by Gasteiger charge is 2.29. The molecule has 1 aliphatic carbocycles. The second-order valence-electron chi connectivity index (χ2n) is 7.06. The van der Waals surface area contributed by atoms with Crippen molar-refractivity contribution in [1.82, 2.24) is 10.3 Å². The van der Waals surface area contributed by atoms with Gasteiger partial charge < -0.3 is 15.4 Å². The van der Waals surface area contributed by atoms with E-state index in [4.69, 9.17) is 4.74 Å². The van der Waals surface area contributed by atoms with Crippen molar-refractivity contribution in [2.24, 2.45) is 5.92 Å². The van der Waals surface area contributed by atoms with Crippen LogP contribution in [0, 0.1) is 5.92 Å². The lowest BCUT2D eigenvalue weighted by Crippen LogP contribution is -2.43. The maximum Gasteiger partial charge on any atom is 0.407 e. The van der Waals surface area contributed by atoms with Crippen molar-refractivity contribution in [1.29, 1.82) is 0 Å². The van der Waals surface area contributed by atoms with Crippen LogP contribution in [-0.4, -0.2) is 28.6 Å². The number of hydrogen-bond acceptors (Lipinski definition) is 4. The zero-order chi connectivity index (χ0) is 17.7. The van der Waals surface area contributed by atoms with Crippen LogP contribution in [0.1, 0.15) is 46.5 Å². The number of carbonyl (C=O) groups is 2. The molecule has 6 nitrogen and oxygen atoms in total. The van der Waals surface area contributed by atoms with Crippen molar-refractivity contribution < 1.29 is 14.3 Å². The molecular formula is C17H24BrN3O3. The molecule has 24 heavy (non-hydrogen) atoms. The quantitative estimate of drug-likeness (QED) is 0.810. The average molecular weight is 398 g/mol. The van der Waals surface area contributed by atoms with Gasteiger partial charge in [0.25, 0.3) is 0 Å². The van der Waals surface area contributed by atoms with Gasteiger partial charge in [-0.05, 0) is 52.2 Å². The van der Waals surface area contributed by atoms with Gasteiger partial charge in [-0.1, -0.05) is 22.4 Å². The van der Waals surface area contributed by atoms with E-state index in [1.165, 1.54) is 0 Å². The van der Waals surface area contributed by atoms with Crippen LogP contribution in [0.2, 0.25) is 0 Å². The number of rotatable bonds is 3. The van der Waals surface area contributed by atoms with Crippen molar-refractivity contribution in [3.8, 4) is 0 Å². The summed E-state index contributed by atoms with van der Waals surface area (Å²) < 4.78 is 6.14.